The minimum Gasteiger partial charge on any atom is -0.465 e. The summed E-state index contributed by atoms with van der Waals surface area (Å²) in [5.41, 5.74) is 1.63. The van der Waals surface area contributed by atoms with Gasteiger partial charge in [0, 0.05) is 6.54 Å². The van der Waals surface area contributed by atoms with Gasteiger partial charge in [0.2, 0.25) is 0 Å². The number of nitrogens with zero attached hydrogens (tertiary/aromatic N) is 4. The second kappa shape index (κ2) is 12.2. The number of urea groups is 1. The number of nitrogens with one attached hydrogen (secondary N) is 3. The quantitative estimate of drug-likeness (QED) is 0.330. The third-order valence-electron chi connectivity index (χ3n) is 6.19. The number of amides is 3. The third kappa shape index (κ3) is 5.78. The van der Waals surface area contributed by atoms with E-state index >= 15 is 0 Å². The molecule has 210 valence electrons. The van der Waals surface area contributed by atoms with Crippen molar-refractivity contribution >= 4 is 41.0 Å². The fraction of sp³-hybridized carbons (Fsp3) is 0.385. The molecule has 3 aromatic rings. The number of ether oxygens (including phenoxy) is 4. The summed E-state index contributed by atoms with van der Waals surface area (Å²) in [5, 5.41) is 7.83. The van der Waals surface area contributed by atoms with E-state index in [1.165, 1.54) is 12.7 Å². The summed E-state index contributed by atoms with van der Waals surface area (Å²) < 4.78 is 24.9. The zero-order valence-electron chi connectivity index (χ0n) is 21.9. The average Bonchev–Trinajstić information content (AvgIpc) is 3.65. The van der Waals surface area contributed by atoms with E-state index in [1.54, 1.807) is 24.5 Å². The molecule has 0 spiro atoms. The van der Waals surface area contributed by atoms with Crippen LogP contribution in [0.2, 0.25) is 0 Å². The minimum absolute atomic E-state index is 0.195. The van der Waals surface area contributed by atoms with Crippen LogP contribution in [0, 0.1) is 0 Å². The van der Waals surface area contributed by atoms with Crippen molar-refractivity contribution in [2.45, 2.75) is 44.7 Å². The van der Waals surface area contributed by atoms with Crippen LogP contribution in [0.4, 0.5) is 10.6 Å². The van der Waals surface area contributed by atoms with E-state index in [9.17, 15) is 14.4 Å². The smallest absolute Gasteiger partial charge is 0.325 e. The van der Waals surface area contributed by atoms with Crippen molar-refractivity contribution < 1.29 is 33.3 Å². The van der Waals surface area contributed by atoms with Crippen LogP contribution in [0.15, 0.2) is 49.1 Å². The largest absolute Gasteiger partial charge is 0.465 e. The number of aromatic nitrogens is 4. The number of carbonyl (C=O) groups excluding carboxylic acids is 3. The summed E-state index contributed by atoms with van der Waals surface area (Å²) in [6, 6.07) is 9.19. The first kappa shape index (κ1) is 27.2. The van der Waals surface area contributed by atoms with E-state index in [0.29, 0.717) is 17.7 Å². The van der Waals surface area contributed by atoms with E-state index in [-0.39, 0.29) is 19.0 Å². The monoisotopic (exact) mass is 551 g/mol. The van der Waals surface area contributed by atoms with Crippen LogP contribution < -0.4 is 16.0 Å². The molecule has 3 amide bonds. The molecule has 2 aromatic heterocycles. The van der Waals surface area contributed by atoms with Crippen LogP contribution in [0.5, 0.6) is 0 Å². The molecule has 4 unspecified atom stereocenters. The molecule has 0 saturated carbocycles. The Hall–Kier alpha value is -4.40. The maximum absolute atomic E-state index is 13.1. The second-order valence-corrected chi connectivity index (χ2v) is 8.84. The van der Waals surface area contributed by atoms with Gasteiger partial charge in [-0.25, -0.2) is 19.7 Å². The number of rotatable bonds is 9. The summed E-state index contributed by atoms with van der Waals surface area (Å²) in [5.74, 6) is -0.918. The lowest BCUT2D eigenvalue weighted by Gasteiger charge is -2.20. The number of hydrogen-bond donors (Lipinski definition) is 3. The molecule has 2 fully saturated rings. The maximum Gasteiger partial charge on any atom is 0.325 e. The standard InChI is InChI=1S/C26H29N7O7/c1-3-27-26(36)32-22-18-23(30-13-29-22)33(14-31-18)25-21-19(20(40-25)24(35)28-12-16(34)37-4-2)38-17(39-21)11-10-15-8-6-5-7-9-15/h5-11,13-14,17,19-21,25H,3-4,12H2,1-2H3,(H,28,35)(H2,27,29,30,32,36)/t17-,19?,20?,21?,25?/m0/s1. The fourth-order valence-corrected chi connectivity index (χ4v) is 4.47. The highest BCUT2D eigenvalue weighted by atomic mass is 16.8. The molecule has 14 heteroatoms. The molecule has 40 heavy (non-hydrogen) atoms. The van der Waals surface area contributed by atoms with Gasteiger partial charge in [0.05, 0.1) is 12.9 Å². The summed E-state index contributed by atoms with van der Waals surface area (Å²) in [4.78, 5) is 49.8. The van der Waals surface area contributed by atoms with Gasteiger partial charge in [-0.1, -0.05) is 36.4 Å². The van der Waals surface area contributed by atoms with Crippen LogP contribution >= 0.6 is 0 Å². The molecule has 3 N–H and O–H groups in total. The van der Waals surface area contributed by atoms with E-state index < -0.39 is 48.7 Å². The van der Waals surface area contributed by atoms with Gasteiger partial charge < -0.3 is 29.6 Å². The lowest BCUT2D eigenvalue weighted by Crippen LogP contribution is -2.44. The van der Waals surface area contributed by atoms with Crippen LogP contribution in [0.1, 0.15) is 25.6 Å². The summed E-state index contributed by atoms with van der Waals surface area (Å²) in [6.07, 6.45) is 2.11. The first-order chi connectivity index (χ1) is 19.5. The molecule has 2 saturated heterocycles. The van der Waals surface area contributed by atoms with Crippen molar-refractivity contribution in [1.29, 1.82) is 0 Å². The molecular weight excluding hydrogens is 522 g/mol. The van der Waals surface area contributed by atoms with Crippen molar-refractivity contribution in [2.75, 3.05) is 25.0 Å². The molecule has 4 heterocycles. The molecule has 0 aliphatic carbocycles. The molecule has 5 atom stereocenters. The highest BCUT2D eigenvalue weighted by Crippen LogP contribution is 2.41. The maximum atomic E-state index is 13.1. The molecule has 5 rings (SSSR count). The normalized spacial score (nSPS) is 23.7. The van der Waals surface area contributed by atoms with E-state index in [0.717, 1.165) is 5.56 Å². The highest BCUT2D eigenvalue weighted by molar-refractivity contribution is 5.95. The number of imidazole rings is 1. The molecule has 2 aliphatic heterocycles. The lowest BCUT2D eigenvalue weighted by atomic mass is 10.1. The topological polar surface area (TPSA) is 168 Å². The second-order valence-electron chi connectivity index (χ2n) is 8.84. The SMILES string of the molecule is CCNC(=O)Nc1ncnc2c1ncn2C1OC(C(=O)NCC(=O)OCC)C2O[C@H](C=Cc3ccccc3)OC21. The van der Waals surface area contributed by atoms with Crippen molar-refractivity contribution in [1.82, 2.24) is 30.2 Å². The highest BCUT2D eigenvalue weighted by Gasteiger charge is 2.56. The van der Waals surface area contributed by atoms with Crippen molar-refractivity contribution in [3.8, 4) is 0 Å². The Kier molecular flexibility index (Phi) is 8.28. The van der Waals surface area contributed by atoms with Gasteiger partial charge in [-0.05, 0) is 25.5 Å². The number of anilines is 1. The van der Waals surface area contributed by atoms with Gasteiger partial charge >= 0.3 is 12.0 Å². The van der Waals surface area contributed by atoms with E-state index in [2.05, 4.69) is 30.9 Å². The zero-order chi connectivity index (χ0) is 28.1. The Morgan fingerprint density at radius 1 is 1.02 bits per heavy atom. The number of esters is 1. The van der Waals surface area contributed by atoms with Gasteiger partial charge in [-0.3, -0.25) is 19.5 Å². The predicted octanol–water partition coefficient (Wildman–Crippen LogP) is 1.37. The van der Waals surface area contributed by atoms with Crippen LogP contribution in [-0.4, -0.2) is 81.7 Å². The minimum atomic E-state index is -1.10. The number of fused-ring (bicyclic) bond motifs is 2. The summed E-state index contributed by atoms with van der Waals surface area (Å²) >= 11 is 0. The lowest BCUT2D eigenvalue weighted by molar-refractivity contribution is -0.154. The molecule has 2 aliphatic rings. The number of benzene rings is 1. The van der Waals surface area contributed by atoms with Crippen molar-refractivity contribution in [3.63, 3.8) is 0 Å². The number of hydrogen-bond acceptors (Lipinski definition) is 10. The molecule has 14 nitrogen and oxygen atoms in total. The Balaban J connectivity index is 1.40. The Bertz CT molecular complexity index is 1400. The van der Waals surface area contributed by atoms with Gasteiger partial charge in [-0.2, -0.15) is 0 Å². The summed E-state index contributed by atoms with van der Waals surface area (Å²) in [6.45, 7) is 3.79. The van der Waals surface area contributed by atoms with E-state index in [1.807, 2.05) is 36.4 Å². The van der Waals surface area contributed by atoms with Gasteiger partial charge in [-0.15, -0.1) is 0 Å². The molecule has 1 aromatic carbocycles. The van der Waals surface area contributed by atoms with Gasteiger partial charge in [0.1, 0.15) is 25.1 Å². The van der Waals surface area contributed by atoms with Crippen molar-refractivity contribution in [3.05, 3.63) is 54.6 Å². The Morgan fingerprint density at radius 2 is 1.82 bits per heavy atom. The van der Waals surface area contributed by atoms with Crippen molar-refractivity contribution in [2.24, 2.45) is 0 Å². The van der Waals surface area contributed by atoms with E-state index in [4.69, 9.17) is 18.9 Å². The molecule has 0 radical (unpaired) electrons. The summed E-state index contributed by atoms with van der Waals surface area (Å²) in [7, 11) is 0. The predicted molar refractivity (Wildman–Crippen MR) is 141 cm³/mol. The first-order valence-electron chi connectivity index (χ1n) is 12.8. The first-order valence-corrected chi connectivity index (χ1v) is 12.8. The van der Waals surface area contributed by atoms with Crippen LogP contribution in [0.25, 0.3) is 17.2 Å². The number of carbonyl (C=O) groups is 3. The van der Waals surface area contributed by atoms with Gasteiger partial charge in [0.25, 0.3) is 5.91 Å². The Morgan fingerprint density at radius 3 is 2.60 bits per heavy atom. The molecule has 0 bridgehead atoms. The fourth-order valence-electron chi connectivity index (χ4n) is 4.47. The van der Waals surface area contributed by atoms with Crippen LogP contribution in [-0.2, 0) is 28.5 Å². The third-order valence-corrected chi connectivity index (χ3v) is 6.19. The van der Waals surface area contributed by atoms with Crippen LogP contribution in [0.3, 0.4) is 0 Å². The van der Waals surface area contributed by atoms with Gasteiger partial charge in [0.15, 0.2) is 35.6 Å². The zero-order valence-corrected chi connectivity index (χ0v) is 21.9. The molecular formula is C26H29N7O7. The average molecular weight is 552 g/mol. The Labute approximate surface area is 229 Å².